The second-order valence-electron chi connectivity index (χ2n) is 9.92. The first-order chi connectivity index (χ1) is 18.2. The zero-order valence-electron chi connectivity index (χ0n) is 22.7. The van der Waals surface area contributed by atoms with Crippen LogP contribution in [-0.4, -0.2) is 0 Å². The summed E-state index contributed by atoms with van der Waals surface area (Å²) < 4.78 is 14.6. The van der Waals surface area contributed by atoms with Gasteiger partial charge < -0.3 is 0 Å². The van der Waals surface area contributed by atoms with E-state index in [0.29, 0.717) is 11.1 Å². The average molecular weight is 493 g/mol. The molecule has 192 valence electrons. The van der Waals surface area contributed by atoms with E-state index in [1.807, 2.05) is 18.2 Å². The first-order valence-corrected chi connectivity index (χ1v) is 14.2. The van der Waals surface area contributed by atoms with Crippen LogP contribution in [0.2, 0.25) is 0 Å². The number of hydrogen-bond donors (Lipinski definition) is 0. The average Bonchev–Trinajstić information content (AvgIpc) is 2.93. The van der Waals surface area contributed by atoms with Crippen LogP contribution in [0, 0.1) is 29.5 Å². The molecule has 0 amide bonds. The van der Waals surface area contributed by atoms with Crippen molar-refractivity contribution in [1.82, 2.24) is 0 Å². The summed E-state index contributed by atoms with van der Waals surface area (Å²) in [7, 11) is 0. The number of halogens is 1. The van der Waals surface area contributed by atoms with Gasteiger partial charge in [-0.1, -0.05) is 113 Å². The minimum absolute atomic E-state index is 0.332. The number of benzene rings is 3. The third kappa shape index (κ3) is 10.7. The minimum Gasteiger partial charge on any atom is -0.206 e. The molecule has 0 aliphatic heterocycles. The molecule has 0 fully saturated rings. The summed E-state index contributed by atoms with van der Waals surface area (Å²) in [6, 6.07) is 21.8. The molecule has 0 radical (unpaired) electrons. The van der Waals surface area contributed by atoms with Crippen LogP contribution in [0.1, 0.15) is 111 Å². The van der Waals surface area contributed by atoms with E-state index in [1.54, 1.807) is 6.07 Å². The molecule has 0 heterocycles. The molecule has 0 aliphatic carbocycles. The van der Waals surface area contributed by atoms with E-state index in [0.717, 1.165) is 24.0 Å². The lowest BCUT2D eigenvalue weighted by molar-refractivity contribution is 0.607. The van der Waals surface area contributed by atoms with E-state index in [2.05, 4.69) is 73.9 Å². The van der Waals surface area contributed by atoms with E-state index < -0.39 is 0 Å². The molecule has 0 bridgehead atoms. The van der Waals surface area contributed by atoms with Crippen LogP contribution in [0.4, 0.5) is 4.39 Å². The van der Waals surface area contributed by atoms with Gasteiger partial charge in [-0.3, -0.25) is 0 Å². The maximum Gasteiger partial charge on any atom is 0.140 e. The lowest BCUT2D eigenvalue weighted by Crippen LogP contribution is -1.88. The Morgan fingerprint density at radius 3 is 1.46 bits per heavy atom. The highest BCUT2D eigenvalue weighted by molar-refractivity contribution is 5.49. The highest BCUT2D eigenvalue weighted by Gasteiger charge is 2.01. The van der Waals surface area contributed by atoms with Gasteiger partial charge in [0, 0.05) is 16.7 Å². The van der Waals surface area contributed by atoms with Gasteiger partial charge in [-0.05, 0) is 79.3 Å². The second-order valence-corrected chi connectivity index (χ2v) is 9.92. The smallest absolute Gasteiger partial charge is 0.140 e. The SMILES string of the molecule is CCCCCCCCc1ccc(C#Cc2ccc(C#Cc3ccc(CCCCCC)cc3)cc2F)cc1. The lowest BCUT2D eigenvalue weighted by Gasteiger charge is -2.02. The normalized spacial score (nSPS) is 10.4. The van der Waals surface area contributed by atoms with Gasteiger partial charge in [0.15, 0.2) is 0 Å². The number of unbranched alkanes of at least 4 members (excludes halogenated alkanes) is 8. The van der Waals surface area contributed by atoms with Gasteiger partial charge in [0.05, 0.1) is 5.56 Å². The molecule has 0 atom stereocenters. The predicted octanol–water partition coefficient (Wildman–Crippen LogP) is 9.65. The Labute approximate surface area is 224 Å². The van der Waals surface area contributed by atoms with Gasteiger partial charge in [-0.15, -0.1) is 0 Å². The van der Waals surface area contributed by atoms with E-state index in [4.69, 9.17) is 0 Å². The van der Waals surface area contributed by atoms with Crippen LogP contribution < -0.4 is 0 Å². The topological polar surface area (TPSA) is 0 Å². The molecular formula is C36H41F. The molecule has 0 N–H and O–H groups in total. The Morgan fingerprint density at radius 2 is 0.919 bits per heavy atom. The highest BCUT2D eigenvalue weighted by Crippen LogP contribution is 2.13. The molecule has 3 aromatic carbocycles. The molecule has 0 nitrogen and oxygen atoms in total. The van der Waals surface area contributed by atoms with Crippen molar-refractivity contribution in [1.29, 1.82) is 0 Å². The summed E-state index contributed by atoms with van der Waals surface area (Å²) in [6.45, 7) is 4.48. The summed E-state index contributed by atoms with van der Waals surface area (Å²) in [4.78, 5) is 0. The number of hydrogen-bond acceptors (Lipinski definition) is 0. The maximum atomic E-state index is 14.6. The maximum absolute atomic E-state index is 14.6. The number of aryl methyl sites for hydroxylation is 2. The molecule has 3 rings (SSSR count). The van der Waals surface area contributed by atoms with Crippen LogP contribution in [-0.2, 0) is 12.8 Å². The van der Waals surface area contributed by atoms with E-state index in [-0.39, 0.29) is 5.82 Å². The highest BCUT2D eigenvalue weighted by atomic mass is 19.1. The third-order valence-corrected chi connectivity index (χ3v) is 6.71. The molecule has 37 heavy (non-hydrogen) atoms. The Kier molecular flexibility index (Phi) is 12.6. The van der Waals surface area contributed by atoms with Crippen molar-refractivity contribution in [3.63, 3.8) is 0 Å². The first-order valence-electron chi connectivity index (χ1n) is 14.2. The van der Waals surface area contributed by atoms with Crippen molar-refractivity contribution in [2.24, 2.45) is 0 Å². The Morgan fingerprint density at radius 1 is 0.486 bits per heavy atom. The van der Waals surface area contributed by atoms with Gasteiger partial charge in [0.2, 0.25) is 0 Å². The number of rotatable bonds is 12. The van der Waals surface area contributed by atoms with E-state index in [9.17, 15) is 4.39 Å². The Balaban J connectivity index is 1.51. The molecular weight excluding hydrogens is 451 g/mol. The molecule has 1 heteroatoms. The zero-order valence-corrected chi connectivity index (χ0v) is 22.7. The lowest BCUT2D eigenvalue weighted by atomic mass is 10.0. The summed E-state index contributed by atoms with van der Waals surface area (Å²) in [6.07, 6.45) is 15.2. The van der Waals surface area contributed by atoms with Crippen molar-refractivity contribution < 1.29 is 4.39 Å². The molecule has 0 saturated heterocycles. The Bertz CT molecular complexity index is 1190. The third-order valence-electron chi connectivity index (χ3n) is 6.71. The van der Waals surface area contributed by atoms with Crippen LogP contribution in [0.5, 0.6) is 0 Å². The summed E-state index contributed by atoms with van der Waals surface area (Å²) in [5, 5.41) is 0. The minimum atomic E-state index is -0.332. The molecule has 3 aromatic rings. The first kappa shape index (κ1) is 28.3. The molecule has 0 unspecified atom stereocenters. The van der Waals surface area contributed by atoms with Crippen LogP contribution in [0.3, 0.4) is 0 Å². The van der Waals surface area contributed by atoms with Gasteiger partial charge in [-0.2, -0.15) is 0 Å². The molecule has 0 aromatic heterocycles. The van der Waals surface area contributed by atoms with Gasteiger partial charge in [-0.25, -0.2) is 4.39 Å². The second kappa shape index (κ2) is 16.5. The molecule has 0 aliphatic rings. The van der Waals surface area contributed by atoms with Crippen LogP contribution in [0.25, 0.3) is 0 Å². The Hall–Kier alpha value is -3.29. The van der Waals surface area contributed by atoms with E-state index >= 15 is 0 Å². The standard InChI is InChI=1S/C36H41F/c1-3-5-7-9-10-12-14-31-17-21-33(22-18-31)25-27-35-28-26-34(29-36(35)37)24-23-32-19-15-30(16-20-32)13-11-8-6-4-2/h15-22,26,28-29H,3-14H2,1-2H3. The van der Waals surface area contributed by atoms with Gasteiger partial charge >= 0.3 is 0 Å². The fourth-order valence-electron chi connectivity index (χ4n) is 4.35. The zero-order chi connectivity index (χ0) is 26.1. The fourth-order valence-corrected chi connectivity index (χ4v) is 4.35. The van der Waals surface area contributed by atoms with Crippen molar-refractivity contribution in [3.05, 3.63) is 106 Å². The largest absolute Gasteiger partial charge is 0.206 e. The van der Waals surface area contributed by atoms with Crippen molar-refractivity contribution in [2.45, 2.75) is 90.9 Å². The van der Waals surface area contributed by atoms with Crippen molar-refractivity contribution >= 4 is 0 Å². The summed E-state index contributed by atoms with van der Waals surface area (Å²) >= 11 is 0. The monoisotopic (exact) mass is 492 g/mol. The van der Waals surface area contributed by atoms with Crippen molar-refractivity contribution in [3.8, 4) is 23.7 Å². The van der Waals surface area contributed by atoms with Gasteiger partial charge in [0.25, 0.3) is 0 Å². The summed E-state index contributed by atoms with van der Waals surface area (Å²) in [5.41, 5.74) is 5.60. The molecule has 0 spiro atoms. The predicted molar refractivity (Wildman–Crippen MR) is 156 cm³/mol. The van der Waals surface area contributed by atoms with Crippen molar-refractivity contribution in [2.75, 3.05) is 0 Å². The fraction of sp³-hybridized carbons (Fsp3) is 0.389. The quantitative estimate of drug-likeness (QED) is 0.174. The molecule has 0 saturated carbocycles. The van der Waals surface area contributed by atoms with Gasteiger partial charge in [0.1, 0.15) is 5.82 Å². The van der Waals surface area contributed by atoms with Crippen LogP contribution >= 0.6 is 0 Å². The van der Waals surface area contributed by atoms with E-state index in [1.165, 1.54) is 81.4 Å². The summed E-state index contributed by atoms with van der Waals surface area (Å²) in [5.74, 6) is 12.0. The van der Waals surface area contributed by atoms with Crippen LogP contribution in [0.15, 0.2) is 66.7 Å².